The molecular weight excluding hydrogens is 400 g/mol. The van der Waals surface area contributed by atoms with Crippen molar-refractivity contribution in [3.63, 3.8) is 0 Å². The van der Waals surface area contributed by atoms with Gasteiger partial charge in [-0.25, -0.2) is 0 Å². The molecule has 168 valence electrons. The SMILES string of the molecule is Cc1cc(O)c(Cc2c(O)cc(C)n(CC3CCCO3)c2=O)c(=O)n1CC1CCCO1. The minimum atomic E-state index is -0.363. The van der Waals surface area contributed by atoms with Crippen molar-refractivity contribution in [2.75, 3.05) is 13.2 Å². The highest BCUT2D eigenvalue weighted by molar-refractivity contribution is 5.41. The highest BCUT2D eigenvalue weighted by Gasteiger charge is 2.23. The number of nitrogens with zero attached hydrogens (tertiary/aromatic N) is 2. The summed E-state index contributed by atoms with van der Waals surface area (Å²) in [6.45, 7) is 5.70. The highest BCUT2D eigenvalue weighted by atomic mass is 16.5. The van der Waals surface area contributed by atoms with Gasteiger partial charge in [0.1, 0.15) is 11.5 Å². The summed E-state index contributed by atoms with van der Waals surface area (Å²) >= 11 is 0. The van der Waals surface area contributed by atoms with Crippen molar-refractivity contribution in [3.8, 4) is 11.5 Å². The second-order valence-electron chi connectivity index (χ2n) is 8.58. The standard InChI is InChI=1S/C23H30N2O6/c1-14-9-20(26)18(22(28)24(14)12-16-5-3-7-30-16)11-19-21(27)10-15(2)25(23(19)29)13-17-6-4-8-31-17/h9-10,16-17,26-27H,3-8,11-13H2,1-2H3. The molecule has 2 unspecified atom stereocenters. The van der Waals surface area contributed by atoms with Gasteiger partial charge in [0.2, 0.25) is 0 Å². The van der Waals surface area contributed by atoms with E-state index in [0.29, 0.717) is 37.7 Å². The van der Waals surface area contributed by atoms with Crippen molar-refractivity contribution in [2.24, 2.45) is 0 Å². The first-order valence-electron chi connectivity index (χ1n) is 10.9. The molecule has 0 saturated carbocycles. The summed E-state index contributed by atoms with van der Waals surface area (Å²) in [7, 11) is 0. The first-order valence-corrected chi connectivity index (χ1v) is 10.9. The minimum Gasteiger partial charge on any atom is -0.507 e. The van der Waals surface area contributed by atoms with Crippen LogP contribution in [-0.4, -0.2) is 44.8 Å². The maximum atomic E-state index is 13.2. The molecule has 0 bridgehead atoms. The number of pyridine rings is 2. The van der Waals surface area contributed by atoms with Crippen molar-refractivity contribution < 1.29 is 19.7 Å². The predicted molar refractivity (Wildman–Crippen MR) is 115 cm³/mol. The van der Waals surface area contributed by atoms with Crippen molar-refractivity contribution in [3.05, 3.63) is 55.4 Å². The van der Waals surface area contributed by atoms with Gasteiger partial charge in [0, 0.05) is 31.0 Å². The molecule has 4 heterocycles. The van der Waals surface area contributed by atoms with Gasteiger partial charge in [-0.2, -0.15) is 0 Å². The van der Waals surface area contributed by atoms with Crippen LogP contribution in [0.5, 0.6) is 11.5 Å². The molecule has 8 nitrogen and oxygen atoms in total. The highest BCUT2D eigenvalue weighted by Crippen LogP contribution is 2.24. The lowest BCUT2D eigenvalue weighted by atomic mass is 10.0. The van der Waals surface area contributed by atoms with Gasteiger partial charge in [0.25, 0.3) is 11.1 Å². The Morgan fingerprint density at radius 2 is 1.26 bits per heavy atom. The van der Waals surface area contributed by atoms with E-state index < -0.39 is 0 Å². The van der Waals surface area contributed by atoms with Crippen LogP contribution in [0.3, 0.4) is 0 Å². The number of aryl methyl sites for hydroxylation is 2. The van der Waals surface area contributed by atoms with Crippen molar-refractivity contribution in [2.45, 2.75) is 71.2 Å². The van der Waals surface area contributed by atoms with Crippen molar-refractivity contribution in [1.82, 2.24) is 9.13 Å². The first kappa shape index (κ1) is 21.6. The van der Waals surface area contributed by atoms with E-state index in [0.717, 1.165) is 25.7 Å². The zero-order chi connectivity index (χ0) is 22.1. The molecule has 4 rings (SSSR count). The number of aromatic nitrogens is 2. The Kier molecular flexibility index (Phi) is 6.20. The summed E-state index contributed by atoms with van der Waals surface area (Å²) in [4.78, 5) is 26.4. The number of hydrogen-bond acceptors (Lipinski definition) is 6. The average Bonchev–Trinajstić information content (AvgIpc) is 3.41. The van der Waals surface area contributed by atoms with Crippen LogP contribution in [0, 0.1) is 13.8 Å². The Hall–Kier alpha value is -2.58. The van der Waals surface area contributed by atoms with Crippen LogP contribution in [0.15, 0.2) is 21.7 Å². The first-order chi connectivity index (χ1) is 14.8. The Morgan fingerprint density at radius 1 is 0.839 bits per heavy atom. The largest absolute Gasteiger partial charge is 0.507 e. The molecule has 0 aromatic carbocycles. The summed E-state index contributed by atoms with van der Waals surface area (Å²) in [5.74, 6) is -0.340. The van der Waals surface area contributed by atoms with E-state index in [-0.39, 0.29) is 52.4 Å². The Balaban J connectivity index is 1.70. The molecule has 0 radical (unpaired) electrons. The Labute approximate surface area is 180 Å². The lowest BCUT2D eigenvalue weighted by Gasteiger charge is -2.19. The Bertz CT molecular complexity index is 989. The molecular formula is C23H30N2O6. The van der Waals surface area contributed by atoms with Gasteiger partial charge in [-0.3, -0.25) is 9.59 Å². The van der Waals surface area contributed by atoms with Gasteiger partial charge in [-0.1, -0.05) is 0 Å². The third-order valence-electron chi connectivity index (χ3n) is 6.34. The smallest absolute Gasteiger partial charge is 0.258 e. The molecule has 0 aliphatic carbocycles. The molecule has 2 aliphatic rings. The van der Waals surface area contributed by atoms with Crippen molar-refractivity contribution >= 4 is 0 Å². The molecule has 0 spiro atoms. The third kappa shape index (κ3) is 4.41. The molecule has 2 aliphatic heterocycles. The molecule has 2 N–H and O–H groups in total. The Morgan fingerprint density at radius 3 is 1.61 bits per heavy atom. The molecule has 0 amide bonds. The zero-order valence-corrected chi connectivity index (χ0v) is 18.1. The fourth-order valence-electron chi connectivity index (χ4n) is 4.54. The van der Waals surface area contributed by atoms with Crippen LogP contribution in [-0.2, 0) is 29.0 Å². The van der Waals surface area contributed by atoms with Gasteiger partial charge in [0.15, 0.2) is 0 Å². The third-order valence-corrected chi connectivity index (χ3v) is 6.34. The molecule has 2 saturated heterocycles. The molecule has 31 heavy (non-hydrogen) atoms. The molecule has 2 fully saturated rings. The monoisotopic (exact) mass is 430 g/mol. The van der Waals surface area contributed by atoms with Crippen LogP contribution in [0.25, 0.3) is 0 Å². The van der Waals surface area contributed by atoms with Gasteiger partial charge in [-0.15, -0.1) is 0 Å². The van der Waals surface area contributed by atoms with E-state index >= 15 is 0 Å². The predicted octanol–water partition coefficient (Wildman–Crippen LogP) is 1.99. The number of aromatic hydroxyl groups is 2. The minimum absolute atomic E-state index is 0.0368. The summed E-state index contributed by atoms with van der Waals surface area (Å²) in [5, 5.41) is 21.0. The van der Waals surface area contributed by atoms with Crippen LogP contribution in [0.2, 0.25) is 0 Å². The van der Waals surface area contributed by atoms with Gasteiger partial charge < -0.3 is 28.8 Å². The number of ether oxygens (including phenoxy) is 2. The molecule has 8 heteroatoms. The average molecular weight is 431 g/mol. The van der Waals surface area contributed by atoms with Crippen LogP contribution >= 0.6 is 0 Å². The number of hydrogen-bond donors (Lipinski definition) is 2. The fraction of sp³-hybridized carbons (Fsp3) is 0.565. The van der Waals surface area contributed by atoms with E-state index in [1.165, 1.54) is 12.1 Å². The maximum absolute atomic E-state index is 13.2. The van der Waals surface area contributed by atoms with E-state index in [1.807, 2.05) is 0 Å². The molecule has 2 atom stereocenters. The summed E-state index contributed by atoms with van der Waals surface area (Å²) in [6.07, 6.45) is 3.47. The zero-order valence-electron chi connectivity index (χ0n) is 18.1. The van der Waals surface area contributed by atoms with Gasteiger partial charge in [-0.05, 0) is 51.7 Å². The van der Waals surface area contributed by atoms with E-state index in [2.05, 4.69) is 0 Å². The normalized spacial score (nSPS) is 21.1. The van der Waals surface area contributed by atoms with E-state index in [1.54, 1.807) is 23.0 Å². The van der Waals surface area contributed by atoms with E-state index in [9.17, 15) is 19.8 Å². The quantitative estimate of drug-likeness (QED) is 0.727. The molecule has 2 aromatic heterocycles. The lowest BCUT2D eigenvalue weighted by molar-refractivity contribution is 0.0955. The lowest BCUT2D eigenvalue weighted by Crippen LogP contribution is -2.33. The van der Waals surface area contributed by atoms with Crippen LogP contribution in [0.4, 0.5) is 0 Å². The van der Waals surface area contributed by atoms with E-state index in [4.69, 9.17) is 9.47 Å². The topological polar surface area (TPSA) is 103 Å². The summed E-state index contributed by atoms with van der Waals surface area (Å²) in [5.41, 5.74) is 0.736. The van der Waals surface area contributed by atoms with Gasteiger partial charge in [0.05, 0.1) is 36.4 Å². The van der Waals surface area contributed by atoms with Crippen molar-refractivity contribution in [1.29, 1.82) is 0 Å². The second-order valence-corrected chi connectivity index (χ2v) is 8.58. The second kappa shape index (κ2) is 8.88. The maximum Gasteiger partial charge on any atom is 0.258 e. The van der Waals surface area contributed by atoms with Gasteiger partial charge >= 0.3 is 0 Å². The molecule has 2 aromatic rings. The summed E-state index contributed by atoms with van der Waals surface area (Å²) < 4.78 is 14.5. The van der Waals surface area contributed by atoms with Crippen LogP contribution < -0.4 is 11.1 Å². The van der Waals surface area contributed by atoms with Crippen LogP contribution in [0.1, 0.15) is 48.2 Å². The number of rotatable bonds is 6. The summed E-state index contributed by atoms with van der Waals surface area (Å²) in [6, 6.07) is 3.06. The fourth-order valence-corrected chi connectivity index (χ4v) is 4.54.